The van der Waals surface area contributed by atoms with Crippen molar-refractivity contribution in [2.24, 2.45) is 0 Å². The van der Waals surface area contributed by atoms with Gasteiger partial charge in [0.05, 0.1) is 18.7 Å². The predicted octanol–water partition coefficient (Wildman–Crippen LogP) is 6.27. The van der Waals surface area contributed by atoms with Gasteiger partial charge in [0.15, 0.2) is 0 Å². The minimum absolute atomic E-state index is 0.0143. The second kappa shape index (κ2) is 8.99. The molecule has 1 unspecified atom stereocenters. The highest BCUT2D eigenvalue weighted by atomic mass is 35.5. The van der Waals surface area contributed by atoms with Crippen LogP contribution in [0.15, 0.2) is 78.4 Å². The molecule has 1 saturated heterocycles. The van der Waals surface area contributed by atoms with Gasteiger partial charge < -0.3 is 9.84 Å². The van der Waals surface area contributed by atoms with Crippen LogP contribution in [0.3, 0.4) is 0 Å². The van der Waals surface area contributed by atoms with Gasteiger partial charge in [-0.15, -0.1) is 0 Å². The highest BCUT2D eigenvalue weighted by Crippen LogP contribution is 2.43. The molecule has 3 aromatic carbocycles. The monoisotopic (exact) mass is 475 g/mol. The summed E-state index contributed by atoms with van der Waals surface area (Å²) in [6.07, 6.45) is 0. The van der Waals surface area contributed by atoms with E-state index < -0.39 is 17.7 Å². The molecule has 1 fully saturated rings. The molecule has 3 aromatic rings. The normalized spacial score (nSPS) is 17.8. The van der Waals surface area contributed by atoms with E-state index in [1.165, 1.54) is 4.90 Å². The first kappa shape index (κ1) is 23.6. The van der Waals surface area contributed by atoms with E-state index in [2.05, 4.69) is 20.8 Å². The van der Waals surface area contributed by atoms with Crippen LogP contribution < -0.4 is 9.64 Å². The van der Waals surface area contributed by atoms with Gasteiger partial charge in [0, 0.05) is 16.3 Å². The van der Waals surface area contributed by atoms with Crippen molar-refractivity contribution in [2.45, 2.75) is 32.2 Å². The van der Waals surface area contributed by atoms with E-state index in [9.17, 15) is 14.7 Å². The highest BCUT2D eigenvalue weighted by Gasteiger charge is 2.47. The van der Waals surface area contributed by atoms with Gasteiger partial charge in [-0.25, -0.2) is 0 Å². The van der Waals surface area contributed by atoms with Crippen molar-refractivity contribution in [1.29, 1.82) is 0 Å². The van der Waals surface area contributed by atoms with Gasteiger partial charge in [0.1, 0.15) is 11.5 Å². The fourth-order valence-corrected chi connectivity index (χ4v) is 4.24. The Bertz CT molecular complexity index is 1270. The highest BCUT2D eigenvalue weighted by molar-refractivity contribution is 6.51. The van der Waals surface area contributed by atoms with Crippen LogP contribution in [-0.4, -0.2) is 23.9 Å². The molecule has 0 aliphatic carbocycles. The van der Waals surface area contributed by atoms with E-state index >= 15 is 0 Å². The lowest BCUT2D eigenvalue weighted by molar-refractivity contribution is -0.132. The summed E-state index contributed by atoms with van der Waals surface area (Å²) in [5, 5.41) is 11.7. The Kier molecular flexibility index (Phi) is 6.24. The summed E-state index contributed by atoms with van der Waals surface area (Å²) in [4.78, 5) is 28.0. The Morgan fingerprint density at radius 3 is 2.21 bits per heavy atom. The maximum atomic E-state index is 13.3. The number of amides is 1. The molecule has 1 amide bonds. The second-order valence-corrected chi connectivity index (χ2v) is 9.69. The molecular weight excluding hydrogens is 450 g/mol. The number of ketones is 1. The van der Waals surface area contributed by atoms with Crippen LogP contribution in [0, 0.1) is 0 Å². The number of carbonyl (C=O) groups excluding carboxylic acids is 2. The molecule has 0 radical (unpaired) electrons. The van der Waals surface area contributed by atoms with E-state index in [0.717, 1.165) is 5.56 Å². The number of rotatable bonds is 4. The number of nitrogens with zero attached hydrogens (tertiary/aromatic N) is 1. The number of aliphatic hydroxyl groups is 1. The number of carbonyl (C=O) groups is 2. The number of Topliss-reactive ketones (excluding diaryl/α,β-unsaturated/α-hetero) is 1. The molecule has 0 spiro atoms. The molecule has 4 rings (SSSR count). The number of hydrogen-bond donors (Lipinski definition) is 1. The topological polar surface area (TPSA) is 66.8 Å². The lowest BCUT2D eigenvalue weighted by Gasteiger charge is -2.27. The molecule has 1 aliphatic rings. The van der Waals surface area contributed by atoms with Crippen molar-refractivity contribution in [3.8, 4) is 5.75 Å². The summed E-state index contributed by atoms with van der Waals surface area (Å²) >= 11 is 5.99. The van der Waals surface area contributed by atoms with Crippen LogP contribution in [0.2, 0.25) is 5.02 Å². The third kappa shape index (κ3) is 4.31. The lowest BCUT2D eigenvalue weighted by atomic mass is 9.87. The van der Waals surface area contributed by atoms with Gasteiger partial charge in [-0.2, -0.15) is 0 Å². The third-order valence-electron chi connectivity index (χ3n) is 5.98. The van der Waals surface area contributed by atoms with E-state index in [4.69, 9.17) is 16.3 Å². The fourth-order valence-electron chi connectivity index (χ4n) is 4.11. The second-order valence-electron chi connectivity index (χ2n) is 9.25. The van der Waals surface area contributed by atoms with Gasteiger partial charge in [0.2, 0.25) is 0 Å². The van der Waals surface area contributed by atoms with Crippen LogP contribution in [0.4, 0.5) is 5.69 Å². The van der Waals surface area contributed by atoms with Crippen LogP contribution in [0.1, 0.15) is 43.5 Å². The first-order valence-electron chi connectivity index (χ1n) is 10.9. The number of ether oxygens (including phenoxy) is 1. The predicted molar refractivity (Wildman–Crippen MR) is 134 cm³/mol. The molecule has 34 heavy (non-hydrogen) atoms. The number of benzene rings is 3. The average molecular weight is 476 g/mol. The van der Waals surface area contributed by atoms with Gasteiger partial charge in [0.25, 0.3) is 11.7 Å². The lowest BCUT2D eigenvalue weighted by Crippen LogP contribution is -2.29. The first-order chi connectivity index (χ1) is 16.1. The Morgan fingerprint density at radius 1 is 0.971 bits per heavy atom. The number of halogens is 1. The standard InChI is InChI=1S/C28H26ClNO4/c1-28(2,3)19-10-14-21(15-11-19)30-24(18-6-5-7-22(16-18)34-4)23(26(32)27(30)33)25(31)17-8-12-20(29)13-9-17/h5-16,24,31H,1-4H3/b25-23-. The summed E-state index contributed by atoms with van der Waals surface area (Å²) in [5.41, 5.74) is 2.67. The molecule has 5 nitrogen and oxygen atoms in total. The number of anilines is 1. The fraction of sp³-hybridized carbons (Fsp3) is 0.214. The number of methoxy groups -OCH3 is 1. The maximum Gasteiger partial charge on any atom is 0.300 e. The smallest absolute Gasteiger partial charge is 0.300 e. The van der Waals surface area contributed by atoms with Crippen molar-refractivity contribution in [2.75, 3.05) is 12.0 Å². The van der Waals surface area contributed by atoms with Gasteiger partial charge in [-0.1, -0.05) is 56.6 Å². The Morgan fingerprint density at radius 2 is 1.62 bits per heavy atom. The molecule has 6 heteroatoms. The van der Waals surface area contributed by atoms with Crippen molar-refractivity contribution in [3.05, 3.63) is 100 Å². The van der Waals surface area contributed by atoms with Crippen LogP contribution >= 0.6 is 11.6 Å². The molecule has 1 atom stereocenters. The molecular formula is C28H26ClNO4. The molecule has 0 aromatic heterocycles. The van der Waals surface area contributed by atoms with Gasteiger partial charge in [-0.05, 0) is 65.1 Å². The Balaban J connectivity index is 1.91. The minimum atomic E-state index is -0.828. The van der Waals surface area contributed by atoms with E-state index in [1.54, 1.807) is 49.6 Å². The van der Waals surface area contributed by atoms with Crippen LogP contribution in [0.5, 0.6) is 5.75 Å². The zero-order valence-electron chi connectivity index (χ0n) is 19.5. The zero-order valence-corrected chi connectivity index (χ0v) is 20.3. The number of hydrogen-bond acceptors (Lipinski definition) is 4. The minimum Gasteiger partial charge on any atom is -0.507 e. The SMILES string of the molecule is COc1cccc(C2/C(=C(/O)c3ccc(Cl)cc3)C(=O)C(=O)N2c2ccc(C(C)(C)C)cc2)c1. The van der Waals surface area contributed by atoms with E-state index in [1.807, 2.05) is 30.3 Å². The summed E-state index contributed by atoms with van der Waals surface area (Å²) in [7, 11) is 1.55. The number of aliphatic hydroxyl groups excluding tert-OH is 1. The Hall–Kier alpha value is -3.57. The molecule has 1 N–H and O–H groups in total. The summed E-state index contributed by atoms with van der Waals surface area (Å²) in [5.74, 6) is -1.12. The van der Waals surface area contributed by atoms with Crippen molar-refractivity contribution in [1.82, 2.24) is 0 Å². The van der Waals surface area contributed by atoms with Crippen LogP contribution in [-0.2, 0) is 15.0 Å². The van der Waals surface area contributed by atoms with E-state index in [-0.39, 0.29) is 16.7 Å². The summed E-state index contributed by atoms with van der Waals surface area (Å²) in [6, 6.07) is 20.4. The van der Waals surface area contributed by atoms with Crippen molar-refractivity contribution in [3.63, 3.8) is 0 Å². The molecule has 174 valence electrons. The van der Waals surface area contributed by atoms with Crippen molar-refractivity contribution < 1.29 is 19.4 Å². The molecule has 1 heterocycles. The maximum absolute atomic E-state index is 13.3. The summed E-state index contributed by atoms with van der Waals surface area (Å²) in [6.45, 7) is 6.32. The average Bonchev–Trinajstić information content (AvgIpc) is 3.09. The quantitative estimate of drug-likeness (QED) is 0.274. The third-order valence-corrected chi connectivity index (χ3v) is 6.24. The van der Waals surface area contributed by atoms with E-state index in [0.29, 0.717) is 27.6 Å². The zero-order chi connectivity index (χ0) is 24.6. The van der Waals surface area contributed by atoms with Gasteiger partial charge in [-0.3, -0.25) is 14.5 Å². The summed E-state index contributed by atoms with van der Waals surface area (Å²) < 4.78 is 5.37. The van der Waals surface area contributed by atoms with Crippen LogP contribution in [0.25, 0.3) is 5.76 Å². The van der Waals surface area contributed by atoms with Crippen molar-refractivity contribution >= 4 is 34.7 Å². The molecule has 1 aliphatic heterocycles. The Labute approximate surface area is 204 Å². The van der Waals surface area contributed by atoms with Gasteiger partial charge >= 0.3 is 0 Å². The first-order valence-corrected chi connectivity index (χ1v) is 11.3. The largest absolute Gasteiger partial charge is 0.507 e. The molecule has 0 bridgehead atoms. The molecule has 0 saturated carbocycles.